The van der Waals surface area contributed by atoms with Crippen molar-refractivity contribution in [3.05, 3.63) is 30.5 Å². The number of phenolic OH excluding ortho intramolecular Hbond substituents is 1. The molecule has 2 N–H and O–H groups in total. The summed E-state index contributed by atoms with van der Waals surface area (Å²) in [6.07, 6.45) is 1.82. The van der Waals surface area contributed by atoms with Crippen molar-refractivity contribution in [2.24, 2.45) is 0 Å². The molecule has 0 aliphatic heterocycles. The Morgan fingerprint density at radius 1 is 1.12 bits per heavy atom. The van der Waals surface area contributed by atoms with Crippen LogP contribution in [0.15, 0.2) is 30.5 Å². The second-order valence-electron chi connectivity index (χ2n) is 3.28. The Balaban J connectivity index is 2.59. The van der Waals surface area contributed by atoms with Crippen molar-refractivity contribution in [2.75, 3.05) is 14.2 Å². The Morgan fingerprint density at radius 3 is 2.50 bits per heavy atom. The van der Waals surface area contributed by atoms with E-state index < -0.39 is 0 Å². The van der Waals surface area contributed by atoms with Gasteiger partial charge in [-0.3, -0.25) is 0 Å². The van der Waals surface area contributed by atoms with Gasteiger partial charge in [0, 0.05) is 17.5 Å². The second-order valence-corrected chi connectivity index (χ2v) is 3.28. The largest absolute Gasteiger partial charge is 0.502 e. The number of aromatic hydroxyl groups is 1. The average Bonchev–Trinajstić information content (AvgIpc) is 2.82. The molecule has 0 amide bonds. The van der Waals surface area contributed by atoms with Crippen molar-refractivity contribution in [1.29, 1.82) is 0 Å². The van der Waals surface area contributed by atoms with E-state index in [4.69, 9.17) is 9.47 Å². The molecule has 4 heteroatoms. The number of rotatable bonds is 3. The predicted octanol–water partition coefficient (Wildman–Crippen LogP) is 2.40. The Kier molecular flexibility index (Phi) is 2.72. The molecule has 0 unspecified atom stereocenters. The fraction of sp³-hybridized carbons (Fsp3) is 0.167. The minimum Gasteiger partial charge on any atom is -0.502 e. The molecule has 0 radical (unpaired) electrons. The lowest BCUT2D eigenvalue weighted by Gasteiger charge is -2.11. The van der Waals surface area contributed by atoms with Gasteiger partial charge in [0.15, 0.2) is 11.5 Å². The highest BCUT2D eigenvalue weighted by atomic mass is 16.5. The molecule has 1 aromatic carbocycles. The summed E-state index contributed by atoms with van der Waals surface area (Å²) in [6.45, 7) is 0. The number of hydrogen-bond donors (Lipinski definition) is 2. The van der Waals surface area contributed by atoms with Crippen molar-refractivity contribution in [3.63, 3.8) is 0 Å². The molecule has 1 heterocycles. The molecule has 84 valence electrons. The lowest BCUT2D eigenvalue weighted by molar-refractivity contribution is 0.341. The van der Waals surface area contributed by atoms with Crippen LogP contribution in [-0.4, -0.2) is 24.3 Å². The number of hydrogen-bond acceptors (Lipinski definition) is 3. The Bertz CT molecular complexity index is 477. The molecule has 0 bridgehead atoms. The van der Waals surface area contributed by atoms with E-state index in [1.54, 1.807) is 6.07 Å². The van der Waals surface area contributed by atoms with Crippen molar-refractivity contribution in [2.45, 2.75) is 0 Å². The Morgan fingerprint density at radius 2 is 1.94 bits per heavy atom. The third-order valence-electron chi connectivity index (χ3n) is 2.41. The average molecular weight is 219 g/mol. The van der Waals surface area contributed by atoms with Crippen LogP contribution in [0.1, 0.15) is 0 Å². The van der Waals surface area contributed by atoms with E-state index in [-0.39, 0.29) is 5.75 Å². The first kappa shape index (κ1) is 10.4. The maximum atomic E-state index is 9.90. The number of methoxy groups -OCH3 is 2. The number of ether oxygens (including phenoxy) is 2. The van der Waals surface area contributed by atoms with E-state index >= 15 is 0 Å². The number of phenols is 1. The zero-order valence-corrected chi connectivity index (χ0v) is 9.15. The fourth-order valence-corrected chi connectivity index (χ4v) is 1.63. The first-order valence-corrected chi connectivity index (χ1v) is 4.85. The summed E-state index contributed by atoms with van der Waals surface area (Å²) in [5.41, 5.74) is 1.68. The number of aromatic nitrogens is 1. The first-order chi connectivity index (χ1) is 7.77. The number of aromatic amines is 1. The maximum Gasteiger partial charge on any atom is 0.201 e. The van der Waals surface area contributed by atoms with E-state index in [9.17, 15) is 5.11 Å². The lowest BCUT2D eigenvalue weighted by Crippen LogP contribution is -1.92. The number of H-pyrrole nitrogens is 1. The van der Waals surface area contributed by atoms with Gasteiger partial charge in [-0.05, 0) is 24.3 Å². The van der Waals surface area contributed by atoms with Crippen LogP contribution in [0, 0.1) is 0 Å². The van der Waals surface area contributed by atoms with Gasteiger partial charge in [-0.2, -0.15) is 0 Å². The van der Waals surface area contributed by atoms with Gasteiger partial charge in [-0.25, -0.2) is 0 Å². The van der Waals surface area contributed by atoms with Gasteiger partial charge in [0.2, 0.25) is 5.75 Å². The summed E-state index contributed by atoms with van der Waals surface area (Å²) in [5, 5.41) is 9.90. The van der Waals surface area contributed by atoms with Crippen LogP contribution in [0.3, 0.4) is 0 Å². The summed E-state index contributed by atoms with van der Waals surface area (Å²) in [6, 6.07) is 7.33. The van der Waals surface area contributed by atoms with Crippen molar-refractivity contribution >= 4 is 0 Å². The third-order valence-corrected chi connectivity index (χ3v) is 2.41. The molecular formula is C12H13NO3. The molecule has 0 aliphatic carbocycles. The Labute approximate surface area is 93.4 Å². The van der Waals surface area contributed by atoms with Gasteiger partial charge in [0.1, 0.15) is 0 Å². The van der Waals surface area contributed by atoms with Gasteiger partial charge in [0.25, 0.3) is 0 Å². The minimum absolute atomic E-state index is 0.0112. The highest BCUT2D eigenvalue weighted by Gasteiger charge is 2.15. The van der Waals surface area contributed by atoms with E-state index in [0.29, 0.717) is 11.5 Å². The minimum atomic E-state index is 0.0112. The molecule has 0 fully saturated rings. The van der Waals surface area contributed by atoms with Crippen LogP contribution in [0.4, 0.5) is 0 Å². The SMILES string of the molecule is COc1ccc(-c2ccc[nH]2)c(OC)c1O. The van der Waals surface area contributed by atoms with Crippen LogP contribution < -0.4 is 9.47 Å². The maximum absolute atomic E-state index is 9.90. The van der Waals surface area contributed by atoms with Crippen molar-refractivity contribution in [3.8, 4) is 28.5 Å². The van der Waals surface area contributed by atoms with E-state index in [1.165, 1.54) is 14.2 Å². The molecule has 4 nitrogen and oxygen atoms in total. The molecular weight excluding hydrogens is 206 g/mol. The predicted molar refractivity (Wildman–Crippen MR) is 61.0 cm³/mol. The van der Waals surface area contributed by atoms with Gasteiger partial charge in [0.05, 0.1) is 14.2 Å². The zero-order chi connectivity index (χ0) is 11.5. The number of nitrogens with one attached hydrogen (secondary N) is 1. The molecule has 2 aromatic rings. The van der Waals surface area contributed by atoms with Crippen LogP contribution in [0.2, 0.25) is 0 Å². The van der Waals surface area contributed by atoms with E-state index in [2.05, 4.69) is 4.98 Å². The molecule has 0 atom stereocenters. The van der Waals surface area contributed by atoms with Crippen LogP contribution in [0.5, 0.6) is 17.2 Å². The van der Waals surface area contributed by atoms with E-state index in [0.717, 1.165) is 11.3 Å². The highest BCUT2D eigenvalue weighted by Crippen LogP contribution is 2.42. The summed E-state index contributed by atoms with van der Waals surface area (Å²) in [7, 11) is 3.02. The standard InChI is InChI=1S/C12H13NO3/c1-15-10-6-5-8(9-4-3-7-13-9)12(16-2)11(10)14/h3-7,13-14H,1-2H3. The molecule has 0 spiro atoms. The molecule has 1 aromatic heterocycles. The first-order valence-electron chi connectivity index (χ1n) is 4.85. The Hall–Kier alpha value is -2.10. The summed E-state index contributed by atoms with van der Waals surface area (Å²) in [4.78, 5) is 3.06. The molecule has 0 saturated heterocycles. The fourth-order valence-electron chi connectivity index (χ4n) is 1.63. The van der Waals surface area contributed by atoms with Gasteiger partial charge in [-0.15, -0.1) is 0 Å². The van der Waals surface area contributed by atoms with Crippen molar-refractivity contribution in [1.82, 2.24) is 4.98 Å². The van der Waals surface area contributed by atoms with Crippen LogP contribution in [0.25, 0.3) is 11.3 Å². The summed E-state index contributed by atoms with van der Waals surface area (Å²) < 4.78 is 10.2. The topological polar surface area (TPSA) is 54.5 Å². The van der Waals surface area contributed by atoms with Gasteiger partial charge >= 0.3 is 0 Å². The quantitative estimate of drug-likeness (QED) is 0.833. The smallest absolute Gasteiger partial charge is 0.201 e. The molecule has 16 heavy (non-hydrogen) atoms. The molecule has 0 saturated carbocycles. The molecule has 0 aliphatic rings. The highest BCUT2D eigenvalue weighted by molar-refractivity contribution is 5.73. The monoisotopic (exact) mass is 219 g/mol. The summed E-state index contributed by atoms with van der Waals surface area (Å²) in [5.74, 6) is 0.811. The van der Waals surface area contributed by atoms with Gasteiger partial charge in [-0.1, -0.05) is 0 Å². The second kappa shape index (κ2) is 4.18. The third kappa shape index (κ3) is 1.58. The van der Waals surface area contributed by atoms with Gasteiger partial charge < -0.3 is 19.6 Å². The normalized spacial score (nSPS) is 10.1. The van der Waals surface area contributed by atoms with Crippen LogP contribution >= 0.6 is 0 Å². The van der Waals surface area contributed by atoms with Crippen molar-refractivity contribution < 1.29 is 14.6 Å². The summed E-state index contributed by atoms with van der Waals surface area (Å²) >= 11 is 0. The van der Waals surface area contributed by atoms with E-state index in [1.807, 2.05) is 24.4 Å². The van der Waals surface area contributed by atoms with Crippen LogP contribution in [-0.2, 0) is 0 Å². The molecule has 2 rings (SSSR count). The zero-order valence-electron chi connectivity index (χ0n) is 9.15. The number of benzene rings is 1. The lowest BCUT2D eigenvalue weighted by atomic mass is 10.1.